The van der Waals surface area contributed by atoms with Gasteiger partial charge in [0.2, 0.25) is 0 Å². The van der Waals surface area contributed by atoms with Crippen LogP contribution in [0, 0.1) is 0 Å². The lowest BCUT2D eigenvalue weighted by molar-refractivity contribution is 0.135. The Morgan fingerprint density at radius 3 is 2.76 bits per heavy atom. The van der Waals surface area contributed by atoms with Crippen LogP contribution in [0.2, 0.25) is 0 Å². The molecule has 0 fully saturated rings. The van der Waals surface area contributed by atoms with Crippen LogP contribution >= 0.6 is 0 Å². The van der Waals surface area contributed by atoms with Crippen LogP contribution in [-0.2, 0) is 6.42 Å². The molecule has 0 saturated carbocycles. The Bertz CT molecular complexity index is 648. The van der Waals surface area contributed by atoms with Gasteiger partial charge in [-0.1, -0.05) is 12.1 Å². The maximum Gasteiger partial charge on any atom is 0.169 e. The van der Waals surface area contributed by atoms with E-state index in [4.69, 9.17) is 15.2 Å². The number of fused-ring (bicyclic) bond motifs is 1. The van der Waals surface area contributed by atoms with Crippen LogP contribution in [0.4, 0.5) is 0 Å². The van der Waals surface area contributed by atoms with Crippen molar-refractivity contribution in [3.8, 4) is 17.2 Å². The minimum Gasteiger partial charge on any atom is -0.483 e. The van der Waals surface area contributed by atoms with E-state index in [1.165, 1.54) is 5.56 Å². The molecule has 0 unspecified atom stereocenters. The molecule has 0 spiro atoms. The number of pyridine rings is 1. The summed E-state index contributed by atoms with van der Waals surface area (Å²) in [6.07, 6.45) is 2.58. The van der Waals surface area contributed by atoms with Gasteiger partial charge < -0.3 is 15.2 Å². The fourth-order valence-corrected chi connectivity index (χ4v) is 2.52. The Labute approximate surface area is 124 Å². The molecule has 110 valence electrons. The van der Waals surface area contributed by atoms with E-state index in [0.29, 0.717) is 5.75 Å². The maximum atomic E-state index is 5.99. The summed E-state index contributed by atoms with van der Waals surface area (Å²) in [6.45, 7) is 6.06. The highest BCUT2D eigenvalue weighted by molar-refractivity contribution is 5.51. The normalized spacial score (nSPS) is 17.0. The van der Waals surface area contributed by atoms with E-state index in [1.807, 2.05) is 31.2 Å². The molecule has 1 aromatic carbocycles. The molecule has 0 amide bonds. The summed E-state index contributed by atoms with van der Waals surface area (Å²) in [6, 6.07) is 9.67. The lowest BCUT2D eigenvalue weighted by Gasteiger charge is -2.18. The third-order valence-corrected chi connectivity index (χ3v) is 3.51. The van der Waals surface area contributed by atoms with Crippen molar-refractivity contribution >= 4 is 0 Å². The number of ether oxygens (including phenoxy) is 2. The SMILES string of the molecule is C[C@@H](N)c1ccc(Oc2cccc3c2OC(C)(C)C3)cn1. The summed E-state index contributed by atoms with van der Waals surface area (Å²) in [5, 5.41) is 0. The van der Waals surface area contributed by atoms with Crippen molar-refractivity contribution in [2.45, 2.75) is 38.8 Å². The van der Waals surface area contributed by atoms with Gasteiger partial charge in [0.15, 0.2) is 11.5 Å². The number of rotatable bonds is 3. The van der Waals surface area contributed by atoms with E-state index in [1.54, 1.807) is 6.20 Å². The molecule has 4 nitrogen and oxygen atoms in total. The van der Waals surface area contributed by atoms with Crippen molar-refractivity contribution in [2.75, 3.05) is 0 Å². The fourth-order valence-electron chi connectivity index (χ4n) is 2.52. The highest BCUT2D eigenvalue weighted by Crippen LogP contribution is 2.43. The Morgan fingerprint density at radius 1 is 1.29 bits per heavy atom. The largest absolute Gasteiger partial charge is 0.483 e. The van der Waals surface area contributed by atoms with Crippen LogP contribution in [0.3, 0.4) is 0 Å². The minimum absolute atomic E-state index is 0.0795. The van der Waals surface area contributed by atoms with E-state index in [2.05, 4.69) is 24.9 Å². The van der Waals surface area contributed by atoms with Gasteiger partial charge in [-0.25, -0.2) is 0 Å². The summed E-state index contributed by atoms with van der Waals surface area (Å²) in [7, 11) is 0. The first-order chi connectivity index (χ1) is 9.94. The van der Waals surface area contributed by atoms with Gasteiger partial charge in [0.1, 0.15) is 11.4 Å². The number of hydrogen-bond acceptors (Lipinski definition) is 4. The summed E-state index contributed by atoms with van der Waals surface area (Å²) in [4.78, 5) is 4.31. The second kappa shape index (κ2) is 5.04. The minimum atomic E-state index is -0.182. The maximum absolute atomic E-state index is 5.99. The first-order valence-electron chi connectivity index (χ1n) is 7.15. The Kier molecular flexibility index (Phi) is 3.33. The Morgan fingerprint density at radius 2 is 2.10 bits per heavy atom. The number of aromatic nitrogens is 1. The van der Waals surface area contributed by atoms with Crippen LogP contribution in [0.25, 0.3) is 0 Å². The monoisotopic (exact) mass is 284 g/mol. The van der Waals surface area contributed by atoms with Gasteiger partial charge in [-0.05, 0) is 39.0 Å². The zero-order chi connectivity index (χ0) is 15.0. The van der Waals surface area contributed by atoms with E-state index in [0.717, 1.165) is 23.6 Å². The Balaban J connectivity index is 1.85. The predicted molar refractivity (Wildman–Crippen MR) is 81.8 cm³/mol. The predicted octanol–water partition coefficient (Wildman–Crippen LogP) is 3.61. The second-order valence-electron chi connectivity index (χ2n) is 6.09. The van der Waals surface area contributed by atoms with Crippen LogP contribution in [0.5, 0.6) is 17.2 Å². The molecule has 1 aliphatic heterocycles. The first kappa shape index (κ1) is 13.9. The smallest absolute Gasteiger partial charge is 0.169 e. The number of para-hydroxylation sites is 1. The summed E-state index contributed by atoms with van der Waals surface area (Å²) < 4.78 is 11.9. The van der Waals surface area contributed by atoms with Crippen molar-refractivity contribution in [3.63, 3.8) is 0 Å². The third kappa shape index (κ3) is 2.85. The van der Waals surface area contributed by atoms with Gasteiger partial charge in [0.05, 0.1) is 11.9 Å². The molecule has 2 N–H and O–H groups in total. The molecule has 4 heteroatoms. The zero-order valence-corrected chi connectivity index (χ0v) is 12.6. The lowest BCUT2D eigenvalue weighted by Crippen LogP contribution is -2.24. The molecule has 2 aromatic rings. The number of hydrogen-bond donors (Lipinski definition) is 1. The van der Waals surface area contributed by atoms with Crippen LogP contribution in [0.1, 0.15) is 38.1 Å². The molecule has 0 aliphatic carbocycles. The highest BCUT2D eigenvalue weighted by Gasteiger charge is 2.32. The van der Waals surface area contributed by atoms with Gasteiger partial charge in [-0.2, -0.15) is 0 Å². The number of nitrogens with zero attached hydrogens (tertiary/aromatic N) is 1. The van der Waals surface area contributed by atoms with Gasteiger partial charge in [-0.3, -0.25) is 4.98 Å². The van der Waals surface area contributed by atoms with E-state index in [-0.39, 0.29) is 11.6 Å². The van der Waals surface area contributed by atoms with Crippen LogP contribution < -0.4 is 15.2 Å². The summed E-state index contributed by atoms with van der Waals surface area (Å²) in [5.74, 6) is 2.24. The quantitative estimate of drug-likeness (QED) is 0.935. The molecule has 0 saturated heterocycles. The fraction of sp³-hybridized carbons (Fsp3) is 0.353. The van der Waals surface area contributed by atoms with Crippen LogP contribution in [0.15, 0.2) is 36.5 Å². The zero-order valence-electron chi connectivity index (χ0n) is 12.6. The standard InChI is InChI=1S/C17H20N2O2/c1-11(18)14-8-7-13(10-19-14)20-15-6-4-5-12-9-17(2,3)21-16(12)15/h4-8,10-11H,9,18H2,1-3H3/t11-/m1/s1. The second-order valence-corrected chi connectivity index (χ2v) is 6.09. The lowest BCUT2D eigenvalue weighted by atomic mass is 10.0. The molecular weight excluding hydrogens is 264 g/mol. The molecule has 1 aromatic heterocycles. The molecule has 0 bridgehead atoms. The average molecular weight is 284 g/mol. The van der Waals surface area contributed by atoms with Crippen molar-refractivity contribution < 1.29 is 9.47 Å². The van der Waals surface area contributed by atoms with Gasteiger partial charge in [0, 0.05) is 18.0 Å². The van der Waals surface area contributed by atoms with E-state index in [9.17, 15) is 0 Å². The molecule has 2 heterocycles. The van der Waals surface area contributed by atoms with E-state index >= 15 is 0 Å². The molecule has 1 atom stereocenters. The molecule has 3 rings (SSSR count). The molecular formula is C17H20N2O2. The Hall–Kier alpha value is -2.07. The van der Waals surface area contributed by atoms with Gasteiger partial charge in [0.25, 0.3) is 0 Å². The average Bonchev–Trinajstić information content (AvgIpc) is 2.74. The van der Waals surface area contributed by atoms with E-state index < -0.39 is 0 Å². The molecule has 21 heavy (non-hydrogen) atoms. The van der Waals surface area contributed by atoms with Crippen molar-refractivity contribution in [1.29, 1.82) is 0 Å². The van der Waals surface area contributed by atoms with Crippen molar-refractivity contribution in [2.24, 2.45) is 5.73 Å². The summed E-state index contributed by atoms with van der Waals surface area (Å²) in [5.41, 5.74) is 7.64. The van der Waals surface area contributed by atoms with Crippen LogP contribution in [-0.4, -0.2) is 10.6 Å². The topological polar surface area (TPSA) is 57.4 Å². The third-order valence-electron chi connectivity index (χ3n) is 3.51. The first-order valence-corrected chi connectivity index (χ1v) is 7.15. The summed E-state index contributed by atoms with van der Waals surface area (Å²) >= 11 is 0. The van der Waals surface area contributed by atoms with Crippen molar-refractivity contribution in [1.82, 2.24) is 4.98 Å². The number of nitrogens with two attached hydrogens (primary N) is 1. The number of benzene rings is 1. The van der Waals surface area contributed by atoms with Gasteiger partial charge in [-0.15, -0.1) is 0 Å². The van der Waals surface area contributed by atoms with Gasteiger partial charge >= 0.3 is 0 Å². The highest BCUT2D eigenvalue weighted by atomic mass is 16.5. The molecule has 1 aliphatic rings. The molecule has 0 radical (unpaired) electrons. The van der Waals surface area contributed by atoms with Crippen molar-refractivity contribution in [3.05, 3.63) is 47.8 Å².